The summed E-state index contributed by atoms with van der Waals surface area (Å²) in [6.45, 7) is 1.44. The Kier molecular flexibility index (Phi) is 6.74. The van der Waals surface area contributed by atoms with E-state index < -0.39 is 30.0 Å². The van der Waals surface area contributed by atoms with E-state index in [1.807, 2.05) is 60.7 Å². The predicted octanol–water partition coefficient (Wildman–Crippen LogP) is 1.56. The summed E-state index contributed by atoms with van der Waals surface area (Å²) < 4.78 is 10.8. The molecule has 4 rings (SSSR count). The number of hydrogen-bond acceptors (Lipinski definition) is 6. The van der Waals surface area contributed by atoms with E-state index in [4.69, 9.17) is 15.2 Å². The van der Waals surface area contributed by atoms with Gasteiger partial charge in [0.1, 0.15) is 18.2 Å². The van der Waals surface area contributed by atoms with E-state index in [2.05, 4.69) is 5.32 Å². The van der Waals surface area contributed by atoms with Gasteiger partial charge in [0.25, 0.3) is 0 Å². The van der Waals surface area contributed by atoms with Crippen LogP contribution < -0.4 is 11.1 Å². The zero-order chi connectivity index (χ0) is 22.6. The van der Waals surface area contributed by atoms with Crippen molar-refractivity contribution < 1.29 is 24.2 Å². The maximum atomic E-state index is 13.6. The molecule has 0 aliphatic carbocycles. The van der Waals surface area contributed by atoms with Crippen molar-refractivity contribution in [2.45, 2.75) is 49.7 Å². The van der Waals surface area contributed by atoms with Crippen molar-refractivity contribution in [3.05, 3.63) is 71.8 Å². The molecule has 32 heavy (non-hydrogen) atoms. The molecule has 0 bridgehead atoms. The molecule has 2 aliphatic rings. The second-order valence-electron chi connectivity index (χ2n) is 8.33. The highest BCUT2D eigenvalue weighted by atomic mass is 16.6. The molecular weight excluding hydrogens is 410 g/mol. The van der Waals surface area contributed by atoms with Gasteiger partial charge in [0.05, 0.1) is 18.9 Å². The summed E-state index contributed by atoms with van der Waals surface area (Å²) in [5, 5.41) is 14.6. The molecule has 8 heteroatoms. The van der Waals surface area contributed by atoms with Crippen molar-refractivity contribution in [1.82, 2.24) is 10.2 Å². The Balaban J connectivity index is 1.59. The predicted molar refractivity (Wildman–Crippen MR) is 117 cm³/mol. The number of nitrogens with one attached hydrogen (secondary N) is 1. The molecule has 2 aromatic rings. The van der Waals surface area contributed by atoms with Crippen LogP contribution in [0.1, 0.15) is 24.0 Å². The van der Waals surface area contributed by atoms with Crippen LogP contribution in [0.2, 0.25) is 0 Å². The second kappa shape index (κ2) is 9.68. The number of hydrogen-bond donors (Lipinski definition) is 3. The van der Waals surface area contributed by atoms with Crippen LogP contribution in [0.15, 0.2) is 60.7 Å². The van der Waals surface area contributed by atoms with Crippen LogP contribution in [0.4, 0.5) is 4.79 Å². The zero-order valence-corrected chi connectivity index (χ0v) is 17.9. The minimum absolute atomic E-state index is 0.227. The van der Waals surface area contributed by atoms with Gasteiger partial charge in [-0.1, -0.05) is 60.7 Å². The lowest BCUT2D eigenvalue weighted by atomic mass is 9.97. The van der Waals surface area contributed by atoms with Crippen LogP contribution in [0.25, 0.3) is 0 Å². The van der Waals surface area contributed by atoms with E-state index in [0.29, 0.717) is 32.6 Å². The normalized spacial score (nSPS) is 22.0. The van der Waals surface area contributed by atoms with Gasteiger partial charge < -0.3 is 25.2 Å². The second-order valence-corrected chi connectivity index (χ2v) is 8.33. The fourth-order valence-corrected chi connectivity index (χ4v) is 4.60. The highest BCUT2D eigenvalue weighted by molar-refractivity contribution is 5.86. The van der Waals surface area contributed by atoms with Crippen LogP contribution in [-0.2, 0) is 27.2 Å². The van der Waals surface area contributed by atoms with Gasteiger partial charge in [-0.2, -0.15) is 0 Å². The largest absolute Gasteiger partial charge is 0.443 e. The quantitative estimate of drug-likeness (QED) is 0.603. The fraction of sp³-hybridized carbons (Fsp3) is 0.417. The highest BCUT2D eigenvalue weighted by Crippen LogP contribution is 2.34. The molecule has 0 aromatic heterocycles. The number of nitrogens with two attached hydrogens (primary N) is 1. The van der Waals surface area contributed by atoms with Gasteiger partial charge in [-0.3, -0.25) is 10.1 Å². The number of ether oxygens (including phenoxy) is 2. The number of aliphatic hydroxyl groups excluding tert-OH is 1. The molecule has 2 amide bonds. The lowest BCUT2D eigenvalue weighted by Gasteiger charge is -2.41. The third-order valence-corrected chi connectivity index (χ3v) is 6.25. The van der Waals surface area contributed by atoms with E-state index in [1.165, 1.54) is 0 Å². The fourth-order valence-electron chi connectivity index (χ4n) is 4.60. The molecule has 2 fully saturated rings. The minimum Gasteiger partial charge on any atom is -0.443 e. The van der Waals surface area contributed by atoms with Crippen LogP contribution in [0, 0.1) is 0 Å². The average molecular weight is 440 g/mol. The third-order valence-electron chi connectivity index (χ3n) is 6.25. The van der Waals surface area contributed by atoms with Crippen molar-refractivity contribution in [2.75, 3.05) is 13.2 Å². The number of carbonyl (C=O) groups is 2. The molecule has 4 N–H and O–H groups in total. The van der Waals surface area contributed by atoms with Gasteiger partial charge in [-0.15, -0.1) is 0 Å². The summed E-state index contributed by atoms with van der Waals surface area (Å²) in [7, 11) is 0. The van der Waals surface area contributed by atoms with Crippen LogP contribution in [0.3, 0.4) is 0 Å². The monoisotopic (exact) mass is 439 g/mol. The topological polar surface area (TPSA) is 114 Å². The molecule has 1 spiro atoms. The molecule has 2 saturated heterocycles. The first-order valence-electron chi connectivity index (χ1n) is 10.9. The summed E-state index contributed by atoms with van der Waals surface area (Å²) in [5.74, 6) is -0.227. The van der Waals surface area contributed by atoms with E-state index in [0.717, 1.165) is 11.1 Å². The van der Waals surface area contributed by atoms with Crippen molar-refractivity contribution >= 4 is 12.0 Å². The van der Waals surface area contributed by atoms with Gasteiger partial charge in [0, 0.05) is 25.8 Å². The summed E-state index contributed by atoms with van der Waals surface area (Å²) in [6, 6.07) is 18.2. The molecule has 2 unspecified atom stereocenters. The van der Waals surface area contributed by atoms with Crippen molar-refractivity contribution in [2.24, 2.45) is 5.73 Å². The maximum Gasteiger partial charge on any atom is 0.404 e. The lowest BCUT2D eigenvalue weighted by Crippen LogP contribution is -2.57. The van der Waals surface area contributed by atoms with Gasteiger partial charge in [0.15, 0.2) is 0 Å². The molecule has 170 valence electrons. The van der Waals surface area contributed by atoms with Crippen molar-refractivity contribution in [3.63, 3.8) is 0 Å². The lowest BCUT2D eigenvalue weighted by molar-refractivity contribution is -0.138. The summed E-state index contributed by atoms with van der Waals surface area (Å²) >= 11 is 0. The Morgan fingerprint density at radius 2 is 1.72 bits per heavy atom. The van der Waals surface area contributed by atoms with Crippen LogP contribution >= 0.6 is 0 Å². The number of rotatable bonds is 7. The number of carbonyl (C=O) groups excluding carboxylic acids is 2. The number of benzene rings is 2. The standard InChI is InChI=1S/C24H29N3O5/c25-23(30)32-19(15-17-7-3-1-4-8-17)21(28)20-22(29)27(16-18-9-5-2-6-10-18)24(26-20)11-13-31-14-12-24/h1-10,19-21,26,28H,11-16H2,(H2,25,30)/t19?,20-,21?/m0/s1. The first-order valence-corrected chi connectivity index (χ1v) is 10.9. The Morgan fingerprint density at radius 3 is 2.31 bits per heavy atom. The number of nitrogens with zero attached hydrogens (tertiary/aromatic N) is 1. The summed E-state index contributed by atoms with van der Waals surface area (Å²) in [5.41, 5.74) is 6.52. The molecule has 0 saturated carbocycles. The first kappa shape index (κ1) is 22.3. The molecule has 2 aliphatic heterocycles. The molecule has 2 heterocycles. The molecule has 3 atom stereocenters. The Morgan fingerprint density at radius 1 is 1.12 bits per heavy atom. The first-order chi connectivity index (χ1) is 15.5. The highest BCUT2D eigenvalue weighted by Gasteiger charge is 2.54. The maximum absolute atomic E-state index is 13.6. The van der Waals surface area contributed by atoms with E-state index in [-0.39, 0.29) is 12.3 Å². The third kappa shape index (κ3) is 4.77. The number of aliphatic hydroxyl groups is 1. The molecule has 8 nitrogen and oxygen atoms in total. The van der Waals surface area contributed by atoms with E-state index in [9.17, 15) is 14.7 Å². The minimum atomic E-state index is -1.27. The van der Waals surface area contributed by atoms with E-state index >= 15 is 0 Å². The number of amides is 2. The summed E-state index contributed by atoms with van der Waals surface area (Å²) in [4.78, 5) is 26.9. The van der Waals surface area contributed by atoms with Crippen molar-refractivity contribution in [1.29, 1.82) is 0 Å². The Labute approximate surface area is 187 Å². The SMILES string of the molecule is NC(=O)OC(Cc1ccccc1)C(O)[C@@H]1NC2(CCOCC2)N(Cc2ccccc2)C1=O. The smallest absolute Gasteiger partial charge is 0.404 e. The Bertz CT molecular complexity index is 918. The number of primary amides is 1. The van der Waals surface area contributed by atoms with Gasteiger partial charge in [-0.05, 0) is 11.1 Å². The molecule has 0 radical (unpaired) electrons. The van der Waals surface area contributed by atoms with Crippen LogP contribution in [0.5, 0.6) is 0 Å². The summed E-state index contributed by atoms with van der Waals surface area (Å²) in [6.07, 6.45) is -1.77. The van der Waals surface area contributed by atoms with Gasteiger partial charge >= 0.3 is 6.09 Å². The Hall–Kier alpha value is -2.94. The zero-order valence-electron chi connectivity index (χ0n) is 17.9. The van der Waals surface area contributed by atoms with Crippen LogP contribution in [-0.4, -0.2) is 59.1 Å². The average Bonchev–Trinajstić information content (AvgIpc) is 3.06. The van der Waals surface area contributed by atoms with Gasteiger partial charge in [-0.25, -0.2) is 4.79 Å². The molecule has 2 aromatic carbocycles. The van der Waals surface area contributed by atoms with E-state index in [1.54, 1.807) is 4.90 Å². The molecular formula is C24H29N3O5. The van der Waals surface area contributed by atoms with Crippen molar-refractivity contribution in [3.8, 4) is 0 Å². The van der Waals surface area contributed by atoms with Gasteiger partial charge in [0.2, 0.25) is 5.91 Å².